The molecule has 1 aromatic carbocycles. The van der Waals surface area contributed by atoms with Crippen molar-refractivity contribution in [2.75, 3.05) is 0 Å². The first-order valence-electron chi connectivity index (χ1n) is 6.27. The normalized spacial score (nSPS) is 20.6. The first-order valence-corrected chi connectivity index (χ1v) is 6.27. The average molecular weight is 216 g/mol. The molecule has 0 heterocycles. The fourth-order valence-electron chi connectivity index (χ4n) is 2.36. The van der Waals surface area contributed by atoms with Crippen LogP contribution >= 0.6 is 0 Å². The van der Waals surface area contributed by atoms with Gasteiger partial charge in [-0.1, -0.05) is 43.7 Å². The molecule has 1 aliphatic rings. The second kappa shape index (κ2) is 5.31. The summed E-state index contributed by atoms with van der Waals surface area (Å²) < 4.78 is 0. The smallest absolute Gasteiger partial charge is 0.0726 e. The lowest BCUT2D eigenvalue weighted by molar-refractivity contribution is 0.206. The van der Waals surface area contributed by atoms with Gasteiger partial charge in [-0.3, -0.25) is 0 Å². The Labute approximate surface area is 97.8 Å². The second-order valence-electron chi connectivity index (χ2n) is 4.60. The third-order valence-corrected chi connectivity index (χ3v) is 3.18. The SMILES string of the molecule is CCCc1cccc(C2=CC(O)CCC2)c1. The van der Waals surface area contributed by atoms with E-state index in [2.05, 4.69) is 31.2 Å². The van der Waals surface area contributed by atoms with Gasteiger partial charge in [0.1, 0.15) is 0 Å². The van der Waals surface area contributed by atoms with Gasteiger partial charge in [0, 0.05) is 0 Å². The monoisotopic (exact) mass is 216 g/mol. The van der Waals surface area contributed by atoms with Crippen molar-refractivity contribution in [3.05, 3.63) is 41.5 Å². The first-order chi connectivity index (χ1) is 7.79. The molecule has 0 bridgehead atoms. The predicted octanol–water partition coefficient (Wildman–Crippen LogP) is 3.57. The highest BCUT2D eigenvalue weighted by Gasteiger charge is 2.12. The molecule has 1 aromatic rings. The van der Waals surface area contributed by atoms with E-state index >= 15 is 0 Å². The van der Waals surface area contributed by atoms with Gasteiger partial charge in [-0.05, 0) is 42.4 Å². The van der Waals surface area contributed by atoms with Gasteiger partial charge in [-0.2, -0.15) is 0 Å². The van der Waals surface area contributed by atoms with Crippen molar-refractivity contribution in [1.29, 1.82) is 0 Å². The van der Waals surface area contributed by atoms with Gasteiger partial charge in [-0.15, -0.1) is 0 Å². The van der Waals surface area contributed by atoms with Crippen molar-refractivity contribution >= 4 is 5.57 Å². The molecule has 16 heavy (non-hydrogen) atoms. The van der Waals surface area contributed by atoms with Crippen molar-refractivity contribution in [2.45, 2.75) is 45.1 Å². The highest BCUT2D eigenvalue weighted by Crippen LogP contribution is 2.27. The molecular formula is C15H20O. The van der Waals surface area contributed by atoms with E-state index in [-0.39, 0.29) is 6.10 Å². The maximum absolute atomic E-state index is 9.64. The maximum Gasteiger partial charge on any atom is 0.0726 e. The molecule has 1 heteroatoms. The number of aliphatic hydroxyl groups is 1. The number of rotatable bonds is 3. The lowest BCUT2D eigenvalue weighted by Gasteiger charge is -2.17. The lowest BCUT2D eigenvalue weighted by Crippen LogP contribution is -2.08. The Bertz CT molecular complexity index is 379. The second-order valence-corrected chi connectivity index (χ2v) is 4.60. The largest absolute Gasteiger partial charge is 0.389 e. The minimum absolute atomic E-state index is 0.237. The number of hydrogen-bond donors (Lipinski definition) is 1. The van der Waals surface area contributed by atoms with Crippen LogP contribution in [-0.4, -0.2) is 11.2 Å². The van der Waals surface area contributed by atoms with Gasteiger partial charge in [0.25, 0.3) is 0 Å². The molecule has 0 aliphatic heterocycles. The van der Waals surface area contributed by atoms with E-state index in [1.165, 1.54) is 23.1 Å². The highest BCUT2D eigenvalue weighted by atomic mass is 16.3. The molecule has 1 aliphatic carbocycles. The summed E-state index contributed by atoms with van der Waals surface area (Å²) in [5.74, 6) is 0. The van der Waals surface area contributed by atoms with Gasteiger partial charge >= 0.3 is 0 Å². The van der Waals surface area contributed by atoms with Crippen LogP contribution in [0.15, 0.2) is 30.3 Å². The zero-order valence-electron chi connectivity index (χ0n) is 9.95. The van der Waals surface area contributed by atoms with E-state index in [1.807, 2.05) is 6.08 Å². The summed E-state index contributed by atoms with van der Waals surface area (Å²) in [6, 6.07) is 8.74. The van der Waals surface area contributed by atoms with Crippen molar-refractivity contribution < 1.29 is 5.11 Å². The molecule has 0 saturated carbocycles. The van der Waals surface area contributed by atoms with Gasteiger partial charge in [0.2, 0.25) is 0 Å². The Morgan fingerprint density at radius 2 is 2.25 bits per heavy atom. The van der Waals surface area contributed by atoms with Gasteiger partial charge < -0.3 is 5.11 Å². The molecular weight excluding hydrogens is 196 g/mol. The van der Waals surface area contributed by atoms with E-state index in [9.17, 15) is 5.11 Å². The molecule has 0 saturated heterocycles. The molecule has 0 spiro atoms. The molecule has 0 radical (unpaired) electrons. The Balaban J connectivity index is 2.22. The number of aryl methyl sites for hydroxylation is 1. The van der Waals surface area contributed by atoms with Crippen molar-refractivity contribution in [3.63, 3.8) is 0 Å². The van der Waals surface area contributed by atoms with Crippen molar-refractivity contribution in [2.24, 2.45) is 0 Å². The molecule has 0 aromatic heterocycles. The molecule has 1 nitrogen and oxygen atoms in total. The van der Waals surface area contributed by atoms with Crippen LogP contribution in [0.25, 0.3) is 5.57 Å². The Morgan fingerprint density at radius 1 is 1.38 bits per heavy atom. The van der Waals surface area contributed by atoms with E-state index in [4.69, 9.17) is 0 Å². The van der Waals surface area contributed by atoms with Gasteiger partial charge in [0.05, 0.1) is 6.10 Å². The summed E-state index contributed by atoms with van der Waals surface area (Å²) in [4.78, 5) is 0. The van der Waals surface area contributed by atoms with Crippen LogP contribution in [-0.2, 0) is 6.42 Å². The molecule has 1 unspecified atom stereocenters. The zero-order chi connectivity index (χ0) is 11.4. The van der Waals surface area contributed by atoms with Crippen molar-refractivity contribution in [3.8, 4) is 0 Å². The summed E-state index contributed by atoms with van der Waals surface area (Å²) in [5.41, 5.74) is 4.02. The van der Waals surface area contributed by atoms with E-state index < -0.39 is 0 Å². The quantitative estimate of drug-likeness (QED) is 0.819. The molecule has 86 valence electrons. The third-order valence-electron chi connectivity index (χ3n) is 3.18. The fourth-order valence-corrected chi connectivity index (χ4v) is 2.36. The summed E-state index contributed by atoms with van der Waals surface area (Å²) in [7, 11) is 0. The van der Waals surface area contributed by atoms with Crippen LogP contribution in [0.2, 0.25) is 0 Å². The Kier molecular flexibility index (Phi) is 3.79. The number of allylic oxidation sites excluding steroid dienone is 1. The van der Waals surface area contributed by atoms with E-state index in [0.29, 0.717) is 0 Å². The average Bonchev–Trinajstić information content (AvgIpc) is 2.30. The van der Waals surface area contributed by atoms with E-state index in [0.717, 1.165) is 25.7 Å². The summed E-state index contributed by atoms with van der Waals surface area (Å²) in [6.45, 7) is 2.20. The van der Waals surface area contributed by atoms with Crippen LogP contribution in [0.4, 0.5) is 0 Å². The first kappa shape index (κ1) is 11.4. The van der Waals surface area contributed by atoms with Crippen LogP contribution in [0.3, 0.4) is 0 Å². The highest BCUT2D eigenvalue weighted by molar-refractivity contribution is 5.67. The van der Waals surface area contributed by atoms with Crippen LogP contribution in [0.1, 0.15) is 43.7 Å². The zero-order valence-corrected chi connectivity index (χ0v) is 9.95. The summed E-state index contributed by atoms with van der Waals surface area (Å²) in [6.07, 6.45) is 7.23. The molecule has 0 amide bonds. The number of hydrogen-bond acceptors (Lipinski definition) is 1. The molecule has 0 fully saturated rings. The number of aliphatic hydroxyl groups excluding tert-OH is 1. The minimum Gasteiger partial charge on any atom is -0.389 e. The molecule has 2 rings (SSSR count). The summed E-state index contributed by atoms with van der Waals surface area (Å²) in [5, 5.41) is 9.64. The van der Waals surface area contributed by atoms with E-state index in [1.54, 1.807) is 0 Å². The molecule has 1 N–H and O–H groups in total. The number of benzene rings is 1. The van der Waals surface area contributed by atoms with Crippen molar-refractivity contribution in [1.82, 2.24) is 0 Å². The minimum atomic E-state index is -0.237. The fraction of sp³-hybridized carbons (Fsp3) is 0.467. The topological polar surface area (TPSA) is 20.2 Å². The Hall–Kier alpha value is -1.08. The van der Waals surface area contributed by atoms with Crippen LogP contribution < -0.4 is 0 Å². The van der Waals surface area contributed by atoms with Crippen LogP contribution in [0, 0.1) is 0 Å². The predicted molar refractivity (Wildman–Crippen MR) is 68.3 cm³/mol. The molecule has 1 atom stereocenters. The lowest BCUT2D eigenvalue weighted by atomic mass is 9.91. The van der Waals surface area contributed by atoms with Gasteiger partial charge in [0.15, 0.2) is 0 Å². The standard InChI is InChI=1S/C15H20O/c1-2-5-12-6-3-7-13(10-12)14-8-4-9-15(16)11-14/h3,6-7,10-11,15-16H,2,4-5,8-9H2,1H3. The van der Waals surface area contributed by atoms with Crippen LogP contribution in [0.5, 0.6) is 0 Å². The summed E-state index contributed by atoms with van der Waals surface area (Å²) >= 11 is 0. The van der Waals surface area contributed by atoms with Gasteiger partial charge in [-0.25, -0.2) is 0 Å². The maximum atomic E-state index is 9.64. The Morgan fingerprint density at radius 3 is 3.00 bits per heavy atom. The third kappa shape index (κ3) is 2.73.